The molecule has 4 nitrogen and oxygen atoms in total. The highest BCUT2D eigenvalue weighted by Crippen LogP contribution is 2.16. The fourth-order valence-electron chi connectivity index (χ4n) is 0.981. The minimum Gasteiger partial charge on any atom is -0.355 e. The summed E-state index contributed by atoms with van der Waals surface area (Å²) in [7, 11) is 0. The monoisotopic (exact) mass is 215 g/mol. The fraction of sp³-hybridized carbons (Fsp3) is 0.909. The Bertz CT molecular complexity index is 196. The van der Waals surface area contributed by atoms with Gasteiger partial charge in [0.25, 0.3) is 0 Å². The van der Waals surface area contributed by atoms with Crippen LogP contribution < -0.4 is 11.2 Å². The minimum absolute atomic E-state index is 0.00421. The molecule has 4 heteroatoms. The summed E-state index contributed by atoms with van der Waals surface area (Å²) in [4.78, 5) is 11.4. The van der Waals surface area contributed by atoms with Crippen molar-refractivity contribution < 1.29 is 4.79 Å². The number of carbonyl (C=O) groups excluding carboxylic acids is 1. The summed E-state index contributed by atoms with van der Waals surface area (Å²) >= 11 is 0. The van der Waals surface area contributed by atoms with Crippen LogP contribution in [0, 0.1) is 5.41 Å². The molecular formula is C11H25N3O. The Kier molecular flexibility index (Phi) is 5.83. The predicted octanol–water partition coefficient (Wildman–Crippen LogP) is 1.12. The number of rotatable bonds is 5. The number of carbonyl (C=O) groups is 1. The third kappa shape index (κ3) is 8.39. The van der Waals surface area contributed by atoms with Gasteiger partial charge >= 0.3 is 0 Å². The van der Waals surface area contributed by atoms with Gasteiger partial charge in [0.1, 0.15) is 0 Å². The summed E-state index contributed by atoms with van der Waals surface area (Å²) in [5.74, 6) is 5.64. The molecule has 0 saturated carbocycles. The predicted molar refractivity (Wildman–Crippen MR) is 63.1 cm³/mol. The maximum absolute atomic E-state index is 11.4. The van der Waals surface area contributed by atoms with E-state index in [4.69, 9.17) is 5.84 Å². The summed E-state index contributed by atoms with van der Waals surface area (Å²) in [6.07, 6.45) is 0.977. The van der Waals surface area contributed by atoms with Crippen molar-refractivity contribution in [1.29, 1.82) is 0 Å². The fourth-order valence-corrected chi connectivity index (χ4v) is 0.981. The molecule has 0 radical (unpaired) electrons. The lowest BCUT2D eigenvalue weighted by Gasteiger charge is -2.21. The number of nitrogens with one attached hydrogen (secondary N) is 1. The smallest absolute Gasteiger partial charge is 0.235 e. The molecule has 0 aromatic rings. The number of amides is 1. The number of hydrogen-bond donors (Lipinski definition) is 2. The third-order valence-electron chi connectivity index (χ3n) is 2.19. The lowest BCUT2D eigenvalue weighted by molar-refractivity contribution is -0.122. The Morgan fingerprint density at radius 2 is 1.93 bits per heavy atom. The first-order valence-corrected chi connectivity index (χ1v) is 5.50. The molecule has 0 aliphatic carbocycles. The van der Waals surface area contributed by atoms with Gasteiger partial charge in [-0.05, 0) is 25.7 Å². The van der Waals surface area contributed by atoms with E-state index in [0.717, 1.165) is 6.42 Å². The lowest BCUT2D eigenvalue weighted by Crippen LogP contribution is -2.45. The highest BCUT2D eigenvalue weighted by molar-refractivity contribution is 5.77. The first-order valence-electron chi connectivity index (χ1n) is 5.50. The Labute approximate surface area is 93.2 Å². The Morgan fingerprint density at radius 1 is 1.40 bits per heavy atom. The van der Waals surface area contributed by atoms with Crippen molar-refractivity contribution in [2.45, 2.75) is 47.1 Å². The van der Waals surface area contributed by atoms with Gasteiger partial charge in [-0.1, -0.05) is 20.8 Å². The first kappa shape index (κ1) is 14.4. The molecule has 15 heavy (non-hydrogen) atoms. The maximum Gasteiger partial charge on any atom is 0.235 e. The van der Waals surface area contributed by atoms with Crippen LogP contribution in [-0.4, -0.2) is 30.0 Å². The molecule has 0 heterocycles. The van der Waals surface area contributed by atoms with Crippen molar-refractivity contribution in [3.05, 3.63) is 0 Å². The van der Waals surface area contributed by atoms with Gasteiger partial charge in [0, 0.05) is 12.6 Å². The third-order valence-corrected chi connectivity index (χ3v) is 2.19. The number of hydrogen-bond acceptors (Lipinski definition) is 3. The standard InChI is InChI=1S/C11H25N3O/c1-9(2)14(12)8-10(15)13-7-6-11(3,4)5/h9H,6-8,12H2,1-5H3,(H,13,15). The van der Waals surface area contributed by atoms with Crippen LogP contribution in [0.1, 0.15) is 41.0 Å². The van der Waals surface area contributed by atoms with Crippen LogP contribution in [-0.2, 0) is 4.79 Å². The summed E-state index contributed by atoms with van der Waals surface area (Å²) in [5, 5.41) is 4.40. The molecule has 0 rings (SSSR count). The molecule has 1 amide bonds. The summed E-state index contributed by atoms with van der Waals surface area (Å²) < 4.78 is 0. The normalized spacial score (nSPS) is 12.3. The molecule has 0 aromatic heterocycles. The minimum atomic E-state index is -0.00421. The second-order valence-electron chi connectivity index (χ2n) is 5.43. The molecular weight excluding hydrogens is 190 g/mol. The van der Waals surface area contributed by atoms with Gasteiger partial charge < -0.3 is 5.32 Å². The van der Waals surface area contributed by atoms with Crippen LogP contribution in [0.2, 0.25) is 0 Å². The van der Waals surface area contributed by atoms with E-state index >= 15 is 0 Å². The molecule has 3 N–H and O–H groups in total. The molecule has 0 aliphatic rings. The van der Waals surface area contributed by atoms with E-state index < -0.39 is 0 Å². The molecule has 90 valence electrons. The largest absolute Gasteiger partial charge is 0.355 e. The van der Waals surface area contributed by atoms with Crippen molar-refractivity contribution in [3.63, 3.8) is 0 Å². The first-order chi connectivity index (χ1) is 6.72. The average molecular weight is 215 g/mol. The molecule has 0 bridgehead atoms. The van der Waals surface area contributed by atoms with Gasteiger partial charge in [-0.25, -0.2) is 5.01 Å². The Hall–Kier alpha value is -0.610. The molecule has 0 aromatic carbocycles. The number of hydrazine groups is 1. The molecule has 0 fully saturated rings. The van der Waals surface area contributed by atoms with Crippen LogP contribution in [0.5, 0.6) is 0 Å². The molecule has 0 unspecified atom stereocenters. The Morgan fingerprint density at radius 3 is 2.33 bits per heavy atom. The zero-order valence-electron chi connectivity index (χ0n) is 10.6. The molecule has 0 aliphatic heterocycles. The van der Waals surface area contributed by atoms with Gasteiger partial charge in [0.05, 0.1) is 6.54 Å². The van der Waals surface area contributed by atoms with Crippen LogP contribution in [0.25, 0.3) is 0 Å². The van der Waals surface area contributed by atoms with Crippen molar-refractivity contribution in [3.8, 4) is 0 Å². The highest BCUT2D eigenvalue weighted by atomic mass is 16.2. The van der Waals surface area contributed by atoms with E-state index in [1.54, 1.807) is 0 Å². The lowest BCUT2D eigenvalue weighted by atomic mass is 9.92. The highest BCUT2D eigenvalue weighted by Gasteiger charge is 2.12. The SMILES string of the molecule is CC(C)N(N)CC(=O)NCCC(C)(C)C. The summed E-state index contributed by atoms with van der Waals surface area (Å²) in [6, 6.07) is 0.193. The zero-order chi connectivity index (χ0) is 12.1. The molecule has 0 atom stereocenters. The topological polar surface area (TPSA) is 58.4 Å². The second-order valence-corrected chi connectivity index (χ2v) is 5.43. The van der Waals surface area contributed by atoms with Crippen LogP contribution in [0.3, 0.4) is 0 Å². The maximum atomic E-state index is 11.4. The van der Waals surface area contributed by atoms with Crippen molar-refractivity contribution in [2.24, 2.45) is 11.3 Å². The van der Waals surface area contributed by atoms with Crippen molar-refractivity contribution >= 4 is 5.91 Å². The van der Waals surface area contributed by atoms with E-state index in [0.29, 0.717) is 6.54 Å². The van der Waals surface area contributed by atoms with Crippen molar-refractivity contribution in [2.75, 3.05) is 13.1 Å². The van der Waals surface area contributed by atoms with E-state index in [2.05, 4.69) is 26.1 Å². The van der Waals surface area contributed by atoms with Crippen LogP contribution in [0.4, 0.5) is 0 Å². The second kappa shape index (κ2) is 6.08. The zero-order valence-corrected chi connectivity index (χ0v) is 10.6. The van der Waals surface area contributed by atoms with Crippen LogP contribution in [0.15, 0.2) is 0 Å². The van der Waals surface area contributed by atoms with Gasteiger partial charge in [0.2, 0.25) is 5.91 Å². The molecule has 0 spiro atoms. The summed E-state index contributed by atoms with van der Waals surface area (Å²) in [5.41, 5.74) is 0.258. The summed E-state index contributed by atoms with van der Waals surface area (Å²) in [6.45, 7) is 11.4. The number of nitrogens with two attached hydrogens (primary N) is 1. The van der Waals surface area contributed by atoms with Crippen LogP contribution >= 0.6 is 0 Å². The van der Waals surface area contributed by atoms with E-state index in [-0.39, 0.29) is 23.9 Å². The van der Waals surface area contributed by atoms with E-state index in [1.165, 1.54) is 5.01 Å². The average Bonchev–Trinajstić information content (AvgIpc) is 2.01. The van der Waals surface area contributed by atoms with E-state index in [9.17, 15) is 4.79 Å². The number of nitrogens with zero attached hydrogens (tertiary/aromatic N) is 1. The molecule has 0 saturated heterocycles. The van der Waals surface area contributed by atoms with Gasteiger partial charge in [-0.15, -0.1) is 0 Å². The van der Waals surface area contributed by atoms with Gasteiger partial charge in [-0.2, -0.15) is 0 Å². The van der Waals surface area contributed by atoms with Gasteiger partial charge in [-0.3, -0.25) is 10.6 Å². The van der Waals surface area contributed by atoms with Gasteiger partial charge in [0.15, 0.2) is 0 Å². The van der Waals surface area contributed by atoms with Crippen molar-refractivity contribution in [1.82, 2.24) is 10.3 Å². The quantitative estimate of drug-likeness (QED) is 0.534. The Balaban J connectivity index is 3.67. The van der Waals surface area contributed by atoms with E-state index in [1.807, 2.05) is 13.8 Å².